The first-order valence-electron chi connectivity index (χ1n) is 5.15. The summed E-state index contributed by atoms with van der Waals surface area (Å²) in [4.78, 5) is 15.1. The maximum Gasteiger partial charge on any atom is 0.252 e. The molecular formula is C11H14ClFN2O2. The van der Waals surface area contributed by atoms with Gasteiger partial charge in [0.05, 0.1) is 23.7 Å². The third-order valence-corrected chi connectivity index (χ3v) is 2.40. The predicted molar refractivity (Wildman–Crippen MR) is 62.7 cm³/mol. The molecule has 0 radical (unpaired) electrons. The molecule has 1 rings (SSSR count). The van der Waals surface area contributed by atoms with Crippen LogP contribution in [0.3, 0.4) is 0 Å². The number of amides is 1. The Labute approximate surface area is 104 Å². The van der Waals surface area contributed by atoms with Gasteiger partial charge in [0.25, 0.3) is 5.91 Å². The number of carbonyl (C=O) groups excluding carboxylic acids is 1. The second kappa shape index (κ2) is 7.19. The van der Waals surface area contributed by atoms with Gasteiger partial charge >= 0.3 is 0 Å². The van der Waals surface area contributed by atoms with Crippen molar-refractivity contribution in [1.29, 1.82) is 0 Å². The minimum atomic E-state index is -0.535. The van der Waals surface area contributed by atoms with Gasteiger partial charge in [-0.05, 0) is 12.5 Å². The van der Waals surface area contributed by atoms with Crippen LogP contribution in [-0.4, -0.2) is 36.5 Å². The van der Waals surface area contributed by atoms with E-state index >= 15 is 0 Å². The van der Waals surface area contributed by atoms with Crippen molar-refractivity contribution < 1.29 is 13.9 Å². The lowest BCUT2D eigenvalue weighted by atomic mass is 10.2. The van der Waals surface area contributed by atoms with E-state index in [9.17, 15) is 9.18 Å². The van der Waals surface area contributed by atoms with E-state index < -0.39 is 5.82 Å². The number of aromatic nitrogens is 1. The molecule has 1 atom stereocenters. The Bertz CT molecular complexity index is 376. The number of alkyl halides is 1. The Morgan fingerprint density at radius 3 is 3.06 bits per heavy atom. The predicted octanol–water partition coefficient (Wildman–Crippen LogP) is 1.59. The van der Waals surface area contributed by atoms with E-state index in [1.54, 1.807) is 7.11 Å². The standard InChI is InChI=1S/C11H14ClFN2O2/c1-17-7-9(12)2-3-15-11(16)8-4-10(13)6-14-5-8/h4-6,9H,2-3,7H2,1H3,(H,15,16). The zero-order valence-electron chi connectivity index (χ0n) is 9.45. The average molecular weight is 261 g/mol. The molecule has 17 heavy (non-hydrogen) atoms. The van der Waals surface area contributed by atoms with Crippen molar-refractivity contribution in [3.8, 4) is 0 Å². The van der Waals surface area contributed by atoms with Crippen LogP contribution in [0.4, 0.5) is 4.39 Å². The number of methoxy groups -OCH3 is 1. The van der Waals surface area contributed by atoms with Crippen LogP contribution in [0.25, 0.3) is 0 Å². The summed E-state index contributed by atoms with van der Waals surface area (Å²) in [5.41, 5.74) is 0.197. The maximum atomic E-state index is 12.8. The summed E-state index contributed by atoms with van der Waals surface area (Å²) in [5.74, 6) is -0.898. The van der Waals surface area contributed by atoms with Crippen LogP contribution in [0.5, 0.6) is 0 Å². The molecule has 1 unspecified atom stereocenters. The molecule has 94 valence electrons. The third-order valence-electron chi connectivity index (χ3n) is 2.06. The molecule has 6 heteroatoms. The Hall–Kier alpha value is -1.20. The summed E-state index contributed by atoms with van der Waals surface area (Å²) >= 11 is 5.89. The molecule has 0 spiro atoms. The van der Waals surface area contributed by atoms with Gasteiger partial charge in [-0.15, -0.1) is 11.6 Å². The molecule has 1 aromatic rings. The maximum absolute atomic E-state index is 12.8. The van der Waals surface area contributed by atoms with E-state index in [2.05, 4.69) is 10.3 Å². The highest BCUT2D eigenvalue weighted by molar-refractivity contribution is 6.20. The molecule has 1 N–H and O–H groups in total. The first kappa shape index (κ1) is 13.9. The van der Waals surface area contributed by atoms with Crippen LogP contribution in [0.1, 0.15) is 16.8 Å². The molecule has 0 fully saturated rings. The second-order valence-electron chi connectivity index (χ2n) is 3.49. The molecule has 1 amide bonds. The number of nitrogens with zero attached hydrogens (tertiary/aromatic N) is 1. The van der Waals surface area contributed by atoms with Gasteiger partial charge in [0.2, 0.25) is 0 Å². The Morgan fingerprint density at radius 1 is 1.65 bits per heavy atom. The van der Waals surface area contributed by atoms with Crippen molar-refractivity contribution in [2.75, 3.05) is 20.3 Å². The molecule has 0 bridgehead atoms. The minimum Gasteiger partial charge on any atom is -0.383 e. The van der Waals surface area contributed by atoms with E-state index in [0.29, 0.717) is 19.6 Å². The van der Waals surface area contributed by atoms with Crippen molar-refractivity contribution in [3.05, 3.63) is 29.8 Å². The van der Waals surface area contributed by atoms with Crippen LogP contribution >= 0.6 is 11.6 Å². The number of carbonyl (C=O) groups is 1. The zero-order valence-corrected chi connectivity index (χ0v) is 10.2. The Morgan fingerprint density at radius 2 is 2.41 bits per heavy atom. The fraction of sp³-hybridized carbons (Fsp3) is 0.455. The van der Waals surface area contributed by atoms with Gasteiger partial charge in [-0.3, -0.25) is 9.78 Å². The minimum absolute atomic E-state index is 0.147. The molecule has 1 aromatic heterocycles. The molecule has 0 aliphatic rings. The summed E-state index contributed by atoms with van der Waals surface area (Å²) in [5, 5.41) is 2.48. The number of pyridine rings is 1. The van der Waals surface area contributed by atoms with Gasteiger partial charge in [-0.1, -0.05) is 0 Å². The van der Waals surface area contributed by atoms with Crippen molar-refractivity contribution in [1.82, 2.24) is 10.3 Å². The molecule has 1 heterocycles. The summed E-state index contributed by atoms with van der Waals surface area (Å²) in [6.07, 6.45) is 2.94. The second-order valence-corrected chi connectivity index (χ2v) is 4.11. The summed E-state index contributed by atoms with van der Waals surface area (Å²) in [6, 6.07) is 1.13. The van der Waals surface area contributed by atoms with Crippen LogP contribution in [-0.2, 0) is 4.74 Å². The largest absolute Gasteiger partial charge is 0.383 e. The van der Waals surface area contributed by atoms with Crippen molar-refractivity contribution in [2.24, 2.45) is 0 Å². The number of rotatable bonds is 6. The van der Waals surface area contributed by atoms with E-state index in [4.69, 9.17) is 16.3 Å². The third kappa shape index (κ3) is 5.10. The van der Waals surface area contributed by atoms with Crippen LogP contribution in [0.2, 0.25) is 0 Å². The lowest BCUT2D eigenvalue weighted by Crippen LogP contribution is -2.27. The number of ether oxygens (including phenoxy) is 1. The number of halogens is 2. The van der Waals surface area contributed by atoms with Crippen LogP contribution < -0.4 is 5.32 Å². The molecule has 4 nitrogen and oxygen atoms in total. The van der Waals surface area contributed by atoms with Crippen molar-refractivity contribution >= 4 is 17.5 Å². The Balaban J connectivity index is 2.35. The van der Waals surface area contributed by atoms with E-state index in [1.165, 1.54) is 6.20 Å². The fourth-order valence-corrected chi connectivity index (χ4v) is 1.48. The summed E-state index contributed by atoms with van der Waals surface area (Å²) in [7, 11) is 1.56. The van der Waals surface area contributed by atoms with Gasteiger partial charge in [0.1, 0.15) is 5.82 Å². The normalized spacial score (nSPS) is 12.2. The summed E-state index contributed by atoms with van der Waals surface area (Å²) in [6.45, 7) is 0.839. The van der Waals surface area contributed by atoms with Crippen molar-refractivity contribution in [2.45, 2.75) is 11.8 Å². The zero-order chi connectivity index (χ0) is 12.7. The molecule has 0 saturated carbocycles. The molecule has 0 saturated heterocycles. The molecule has 0 aliphatic heterocycles. The quantitative estimate of drug-likeness (QED) is 0.791. The van der Waals surface area contributed by atoms with Crippen molar-refractivity contribution in [3.63, 3.8) is 0 Å². The monoisotopic (exact) mass is 260 g/mol. The van der Waals surface area contributed by atoms with E-state index in [1.807, 2.05) is 0 Å². The number of nitrogens with one attached hydrogen (secondary N) is 1. The lowest BCUT2D eigenvalue weighted by molar-refractivity contribution is 0.0951. The smallest absolute Gasteiger partial charge is 0.252 e. The van der Waals surface area contributed by atoms with Gasteiger partial charge in [0.15, 0.2) is 0 Å². The van der Waals surface area contributed by atoms with Gasteiger partial charge in [0, 0.05) is 19.9 Å². The van der Waals surface area contributed by atoms with Crippen LogP contribution in [0.15, 0.2) is 18.5 Å². The molecular weight excluding hydrogens is 247 g/mol. The highest BCUT2D eigenvalue weighted by Crippen LogP contribution is 2.03. The highest BCUT2D eigenvalue weighted by atomic mass is 35.5. The Kier molecular flexibility index (Phi) is 5.86. The van der Waals surface area contributed by atoms with E-state index in [0.717, 1.165) is 12.3 Å². The van der Waals surface area contributed by atoms with Crippen LogP contribution in [0, 0.1) is 5.82 Å². The first-order chi connectivity index (χ1) is 8.13. The number of hydrogen-bond donors (Lipinski definition) is 1. The fourth-order valence-electron chi connectivity index (χ4n) is 1.24. The topological polar surface area (TPSA) is 51.2 Å². The number of hydrogen-bond acceptors (Lipinski definition) is 3. The van der Waals surface area contributed by atoms with Gasteiger partial charge in [-0.2, -0.15) is 0 Å². The lowest BCUT2D eigenvalue weighted by Gasteiger charge is -2.09. The SMILES string of the molecule is COCC(Cl)CCNC(=O)c1cncc(F)c1. The van der Waals surface area contributed by atoms with Gasteiger partial charge in [-0.25, -0.2) is 4.39 Å². The molecule has 0 aliphatic carbocycles. The van der Waals surface area contributed by atoms with E-state index in [-0.39, 0.29) is 16.8 Å². The first-order valence-corrected chi connectivity index (χ1v) is 5.59. The molecule has 0 aromatic carbocycles. The summed E-state index contributed by atoms with van der Waals surface area (Å²) < 4.78 is 17.7. The van der Waals surface area contributed by atoms with Gasteiger partial charge < -0.3 is 10.1 Å². The average Bonchev–Trinajstić information content (AvgIpc) is 2.29. The highest BCUT2D eigenvalue weighted by Gasteiger charge is 2.08.